The molecule has 0 radical (unpaired) electrons. The average molecular weight is 305 g/mol. The van der Waals surface area contributed by atoms with Gasteiger partial charge in [0.05, 0.1) is 11.8 Å². The van der Waals surface area contributed by atoms with Crippen LogP contribution in [0.15, 0.2) is 42.5 Å². The lowest BCUT2D eigenvalue weighted by Gasteiger charge is -2.27. The van der Waals surface area contributed by atoms with E-state index < -0.39 is 23.6 Å². The molecule has 1 aliphatic heterocycles. The van der Waals surface area contributed by atoms with Gasteiger partial charge in [0, 0.05) is 11.1 Å². The monoisotopic (exact) mass is 305 g/mol. The van der Waals surface area contributed by atoms with E-state index in [1.54, 1.807) is 24.3 Å². The number of hydrogen-bond acceptors (Lipinski definition) is 3. The van der Waals surface area contributed by atoms with Crippen LogP contribution in [0.4, 0.5) is 13.2 Å². The van der Waals surface area contributed by atoms with Gasteiger partial charge in [-0.25, -0.2) is 0 Å². The number of rotatable bonds is 2. The van der Waals surface area contributed by atoms with Gasteiger partial charge >= 0.3 is 6.18 Å². The lowest BCUT2D eigenvalue weighted by molar-refractivity contribution is -0.137. The Morgan fingerprint density at radius 2 is 1.86 bits per heavy atom. The van der Waals surface area contributed by atoms with Gasteiger partial charge in [-0.05, 0) is 23.8 Å². The SMILES string of the molecule is N=CC(=O)C1Oc2ccc(C(F)(F)F)cc2-c2ccccc21. The van der Waals surface area contributed by atoms with Crippen LogP contribution in [-0.4, -0.2) is 12.0 Å². The van der Waals surface area contributed by atoms with Crippen LogP contribution in [0.3, 0.4) is 0 Å². The summed E-state index contributed by atoms with van der Waals surface area (Å²) < 4.78 is 44.1. The summed E-state index contributed by atoms with van der Waals surface area (Å²) in [4.78, 5) is 11.8. The van der Waals surface area contributed by atoms with Gasteiger partial charge in [-0.15, -0.1) is 0 Å². The van der Waals surface area contributed by atoms with Gasteiger partial charge < -0.3 is 10.1 Å². The molecule has 0 saturated heterocycles. The molecular formula is C16H10F3NO2. The highest BCUT2D eigenvalue weighted by molar-refractivity contribution is 6.28. The van der Waals surface area contributed by atoms with Crippen molar-refractivity contribution >= 4 is 12.0 Å². The molecule has 1 heterocycles. The van der Waals surface area contributed by atoms with Crippen molar-refractivity contribution in [2.75, 3.05) is 0 Å². The molecule has 0 fully saturated rings. The minimum absolute atomic E-state index is 0.201. The number of nitrogens with one attached hydrogen (secondary N) is 1. The quantitative estimate of drug-likeness (QED) is 0.852. The third-order valence-corrected chi connectivity index (χ3v) is 3.49. The fraction of sp³-hybridized carbons (Fsp3) is 0.125. The van der Waals surface area contributed by atoms with Crippen molar-refractivity contribution in [1.82, 2.24) is 0 Å². The molecule has 0 spiro atoms. The molecule has 1 atom stereocenters. The van der Waals surface area contributed by atoms with Crippen molar-refractivity contribution in [3.05, 3.63) is 53.6 Å². The summed E-state index contributed by atoms with van der Waals surface area (Å²) in [5.41, 5.74) is 0.485. The number of carbonyl (C=O) groups excluding carboxylic acids is 1. The number of ether oxygens (including phenoxy) is 1. The number of hydrogen-bond donors (Lipinski definition) is 1. The summed E-state index contributed by atoms with van der Waals surface area (Å²) >= 11 is 0. The zero-order valence-corrected chi connectivity index (χ0v) is 11.1. The molecule has 3 nitrogen and oxygen atoms in total. The van der Waals surface area contributed by atoms with E-state index in [2.05, 4.69) is 0 Å². The summed E-state index contributed by atoms with van der Waals surface area (Å²) in [6.07, 6.45) is -4.81. The van der Waals surface area contributed by atoms with Crippen LogP contribution in [0.25, 0.3) is 11.1 Å². The van der Waals surface area contributed by atoms with E-state index in [4.69, 9.17) is 10.1 Å². The topological polar surface area (TPSA) is 50.2 Å². The molecule has 1 aliphatic rings. The fourth-order valence-corrected chi connectivity index (χ4v) is 2.47. The van der Waals surface area contributed by atoms with Gasteiger partial charge in [-0.1, -0.05) is 24.3 Å². The van der Waals surface area contributed by atoms with E-state index in [0.29, 0.717) is 22.9 Å². The number of halogens is 3. The maximum Gasteiger partial charge on any atom is 0.416 e. The fourth-order valence-electron chi connectivity index (χ4n) is 2.47. The first-order valence-electron chi connectivity index (χ1n) is 6.43. The van der Waals surface area contributed by atoms with Crippen LogP contribution < -0.4 is 4.74 Å². The highest BCUT2D eigenvalue weighted by atomic mass is 19.4. The summed E-state index contributed by atoms with van der Waals surface area (Å²) in [5.74, 6) is -0.357. The lowest BCUT2D eigenvalue weighted by atomic mass is 9.90. The van der Waals surface area contributed by atoms with Crippen molar-refractivity contribution in [1.29, 1.82) is 5.41 Å². The molecule has 3 rings (SSSR count). The van der Waals surface area contributed by atoms with E-state index in [1.807, 2.05) is 0 Å². The number of fused-ring (bicyclic) bond motifs is 3. The summed E-state index contributed by atoms with van der Waals surface area (Å²) in [7, 11) is 0. The third-order valence-electron chi connectivity index (χ3n) is 3.49. The van der Waals surface area contributed by atoms with Gasteiger partial charge in [0.1, 0.15) is 5.75 Å². The third kappa shape index (κ3) is 2.26. The number of carbonyl (C=O) groups is 1. The number of benzene rings is 2. The smallest absolute Gasteiger partial charge is 0.416 e. The molecule has 1 unspecified atom stereocenters. The predicted octanol–water partition coefficient (Wildman–Crippen LogP) is 4.02. The zero-order valence-electron chi connectivity index (χ0n) is 11.1. The van der Waals surface area contributed by atoms with Crippen molar-refractivity contribution in [2.24, 2.45) is 0 Å². The molecule has 0 bridgehead atoms. The molecular weight excluding hydrogens is 295 g/mol. The highest BCUT2D eigenvalue weighted by Crippen LogP contribution is 2.44. The summed E-state index contributed by atoms with van der Waals surface area (Å²) in [6, 6.07) is 9.74. The molecule has 2 aromatic rings. The Bertz CT molecular complexity index is 768. The van der Waals surface area contributed by atoms with Crippen LogP contribution >= 0.6 is 0 Å². The molecule has 0 aliphatic carbocycles. The van der Waals surface area contributed by atoms with E-state index in [1.165, 1.54) is 6.07 Å². The highest BCUT2D eigenvalue weighted by Gasteiger charge is 2.34. The first-order chi connectivity index (χ1) is 10.4. The van der Waals surface area contributed by atoms with Crippen LogP contribution in [0, 0.1) is 5.41 Å². The number of alkyl halides is 3. The molecule has 22 heavy (non-hydrogen) atoms. The predicted molar refractivity (Wildman–Crippen MR) is 74.0 cm³/mol. The average Bonchev–Trinajstić information content (AvgIpc) is 2.52. The van der Waals surface area contributed by atoms with Crippen LogP contribution in [0.1, 0.15) is 17.2 Å². The van der Waals surface area contributed by atoms with E-state index in [-0.39, 0.29) is 5.75 Å². The first kappa shape index (κ1) is 14.3. The van der Waals surface area contributed by atoms with E-state index in [0.717, 1.165) is 12.1 Å². The normalized spacial score (nSPS) is 16.2. The standard InChI is InChI=1S/C16H10F3NO2/c17-16(18,19)9-5-6-14-12(7-9)10-3-1-2-4-11(10)15(22-14)13(21)8-20/h1-8,15,20H. The second kappa shape index (κ2) is 4.98. The van der Waals surface area contributed by atoms with Gasteiger partial charge in [0.2, 0.25) is 5.78 Å². The Morgan fingerprint density at radius 1 is 1.14 bits per heavy atom. The lowest BCUT2D eigenvalue weighted by Crippen LogP contribution is -2.23. The van der Waals surface area contributed by atoms with Crippen molar-refractivity contribution in [3.8, 4) is 16.9 Å². The van der Waals surface area contributed by atoms with E-state index in [9.17, 15) is 18.0 Å². The molecule has 0 aromatic heterocycles. The molecule has 1 N–H and O–H groups in total. The summed E-state index contributed by atoms with van der Waals surface area (Å²) in [6.45, 7) is 0. The first-order valence-corrected chi connectivity index (χ1v) is 6.43. The van der Waals surface area contributed by atoms with Crippen molar-refractivity contribution in [3.63, 3.8) is 0 Å². The van der Waals surface area contributed by atoms with Gasteiger partial charge in [-0.3, -0.25) is 4.79 Å². The van der Waals surface area contributed by atoms with Gasteiger partial charge in [-0.2, -0.15) is 13.2 Å². The minimum atomic E-state index is -4.45. The van der Waals surface area contributed by atoms with Crippen LogP contribution in [0.2, 0.25) is 0 Å². The maximum absolute atomic E-state index is 12.9. The number of ketones is 1. The van der Waals surface area contributed by atoms with Gasteiger partial charge in [0.15, 0.2) is 6.10 Å². The molecule has 0 saturated carbocycles. The second-order valence-corrected chi connectivity index (χ2v) is 4.84. The molecule has 6 heteroatoms. The molecule has 112 valence electrons. The second-order valence-electron chi connectivity index (χ2n) is 4.84. The summed E-state index contributed by atoms with van der Waals surface area (Å²) in [5, 5.41) is 7.08. The number of Topliss-reactive ketones (excluding diaryl/α,β-unsaturated/α-hetero) is 1. The Balaban J connectivity index is 2.19. The molecule has 0 amide bonds. The Labute approximate surface area is 123 Å². The van der Waals surface area contributed by atoms with Crippen molar-refractivity contribution < 1.29 is 22.7 Å². The Morgan fingerprint density at radius 3 is 2.55 bits per heavy atom. The molecule has 2 aromatic carbocycles. The Kier molecular flexibility index (Phi) is 3.24. The van der Waals surface area contributed by atoms with Gasteiger partial charge in [0.25, 0.3) is 0 Å². The van der Waals surface area contributed by atoms with Crippen molar-refractivity contribution in [2.45, 2.75) is 12.3 Å². The largest absolute Gasteiger partial charge is 0.477 e. The van der Waals surface area contributed by atoms with Crippen LogP contribution in [0.5, 0.6) is 5.75 Å². The zero-order chi connectivity index (χ0) is 15.9. The Hall–Kier alpha value is -2.63. The minimum Gasteiger partial charge on any atom is -0.477 e. The van der Waals surface area contributed by atoms with Crippen LogP contribution in [-0.2, 0) is 11.0 Å². The van der Waals surface area contributed by atoms with E-state index >= 15 is 0 Å². The maximum atomic E-state index is 12.9.